The Morgan fingerprint density at radius 3 is 2.67 bits per heavy atom. The predicted molar refractivity (Wildman–Crippen MR) is 88.1 cm³/mol. The summed E-state index contributed by atoms with van der Waals surface area (Å²) in [7, 11) is -3.51. The minimum atomic E-state index is -3.51. The van der Waals surface area contributed by atoms with E-state index in [2.05, 4.69) is 18.8 Å². The predicted octanol–water partition coefficient (Wildman–Crippen LogP) is 3.04. The number of rotatable bonds is 9. The second kappa shape index (κ2) is 8.54. The van der Waals surface area contributed by atoms with Gasteiger partial charge in [-0.25, -0.2) is 8.42 Å². The van der Waals surface area contributed by atoms with Crippen LogP contribution < -0.4 is 5.32 Å². The lowest BCUT2D eigenvalue weighted by Crippen LogP contribution is -2.31. The molecule has 0 aliphatic carbocycles. The molecule has 1 aromatic carbocycles. The lowest BCUT2D eigenvalue weighted by Gasteiger charge is -2.19. The molecule has 1 aromatic rings. The van der Waals surface area contributed by atoms with E-state index in [1.54, 1.807) is 31.2 Å². The van der Waals surface area contributed by atoms with E-state index in [4.69, 9.17) is 11.6 Å². The summed E-state index contributed by atoms with van der Waals surface area (Å²) in [6.07, 6.45) is 2.60. The average molecular weight is 331 g/mol. The molecule has 0 saturated heterocycles. The molecular formula is C15H23ClN2O2S. The third-order valence-corrected chi connectivity index (χ3v) is 5.39. The van der Waals surface area contributed by atoms with Crippen molar-refractivity contribution in [1.82, 2.24) is 9.62 Å². The maximum atomic E-state index is 12.6. The maximum absolute atomic E-state index is 12.6. The zero-order chi connectivity index (χ0) is 15.9. The van der Waals surface area contributed by atoms with Gasteiger partial charge in [0.1, 0.15) is 0 Å². The summed E-state index contributed by atoms with van der Waals surface area (Å²) >= 11 is 6.14. The Kier molecular flexibility index (Phi) is 7.39. The van der Waals surface area contributed by atoms with Gasteiger partial charge in [-0.1, -0.05) is 31.5 Å². The van der Waals surface area contributed by atoms with Gasteiger partial charge in [0.2, 0.25) is 10.0 Å². The van der Waals surface area contributed by atoms with E-state index in [-0.39, 0.29) is 4.90 Å². The number of hydrogen-bond acceptors (Lipinski definition) is 3. The van der Waals surface area contributed by atoms with Gasteiger partial charge in [-0.3, -0.25) is 0 Å². The normalized spacial score (nSPS) is 11.8. The molecule has 118 valence electrons. The fourth-order valence-corrected chi connectivity index (χ4v) is 3.59. The number of nitrogens with one attached hydrogen (secondary N) is 1. The number of hydrogen-bond donors (Lipinski definition) is 1. The molecule has 0 radical (unpaired) electrons. The van der Waals surface area contributed by atoms with Gasteiger partial charge in [0.05, 0.1) is 4.90 Å². The van der Waals surface area contributed by atoms with Crippen LogP contribution in [-0.4, -0.2) is 32.4 Å². The zero-order valence-electron chi connectivity index (χ0n) is 12.6. The number of halogens is 1. The standard InChI is InChI=1S/C15H23ClN2O2S/c1-4-9-17-12-13-11-14(7-8-15(13)16)21(19,20)18(6-3)10-5-2/h5,7-8,11,17H,2,4,6,9-10,12H2,1,3H3. The van der Waals surface area contributed by atoms with Crippen molar-refractivity contribution in [3.8, 4) is 0 Å². The van der Waals surface area contributed by atoms with E-state index < -0.39 is 10.0 Å². The highest BCUT2D eigenvalue weighted by atomic mass is 35.5. The second-order valence-electron chi connectivity index (χ2n) is 4.67. The lowest BCUT2D eigenvalue weighted by atomic mass is 10.2. The summed E-state index contributed by atoms with van der Waals surface area (Å²) in [6.45, 7) is 9.60. The van der Waals surface area contributed by atoms with Gasteiger partial charge in [0.25, 0.3) is 0 Å². The minimum absolute atomic E-state index is 0.267. The first kappa shape index (κ1) is 18.2. The molecule has 0 aromatic heterocycles. The lowest BCUT2D eigenvalue weighted by molar-refractivity contribution is 0.459. The molecule has 0 amide bonds. The summed E-state index contributed by atoms with van der Waals surface area (Å²) in [5.41, 5.74) is 0.792. The van der Waals surface area contributed by atoms with E-state index in [9.17, 15) is 8.42 Å². The van der Waals surface area contributed by atoms with Crippen LogP contribution in [-0.2, 0) is 16.6 Å². The Labute approximate surface area is 132 Å². The molecule has 1 rings (SSSR count). The van der Waals surface area contributed by atoms with Crippen molar-refractivity contribution < 1.29 is 8.42 Å². The molecule has 0 unspecified atom stereocenters. The zero-order valence-corrected chi connectivity index (χ0v) is 14.2. The molecule has 21 heavy (non-hydrogen) atoms. The van der Waals surface area contributed by atoms with Crippen molar-refractivity contribution in [3.05, 3.63) is 41.4 Å². The van der Waals surface area contributed by atoms with Crippen molar-refractivity contribution in [3.63, 3.8) is 0 Å². The van der Waals surface area contributed by atoms with Crippen molar-refractivity contribution in [2.24, 2.45) is 0 Å². The van der Waals surface area contributed by atoms with E-state index in [0.29, 0.717) is 24.7 Å². The molecule has 0 heterocycles. The Hall–Kier alpha value is -0.880. The van der Waals surface area contributed by atoms with Gasteiger partial charge in [0.15, 0.2) is 0 Å². The molecule has 0 fully saturated rings. The van der Waals surface area contributed by atoms with Gasteiger partial charge >= 0.3 is 0 Å². The third kappa shape index (κ3) is 4.81. The molecule has 0 aliphatic rings. The van der Waals surface area contributed by atoms with Crippen molar-refractivity contribution in [1.29, 1.82) is 0 Å². The van der Waals surface area contributed by atoms with E-state index >= 15 is 0 Å². The highest BCUT2D eigenvalue weighted by molar-refractivity contribution is 7.89. The van der Waals surface area contributed by atoms with Crippen LogP contribution in [0.1, 0.15) is 25.8 Å². The summed E-state index contributed by atoms with van der Waals surface area (Å²) in [6, 6.07) is 4.83. The van der Waals surface area contributed by atoms with Gasteiger partial charge in [-0.05, 0) is 36.7 Å². The second-order valence-corrected chi connectivity index (χ2v) is 7.02. The first-order valence-electron chi connectivity index (χ1n) is 7.07. The fraction of sp³-hybridized carbons (Fsp3) is 0.467. The number of likely N-dealkylation sites (N-methyl/N-ethyl adjacent to an activating group) is 1. The van der Waals surface area contributed by atoms with Crippen LogP contribution in [0.4, 0.5) is 0 Å². The molecule has 1 N–H and O–H groups in total. The third-order valence-electron chi connectivity index (χ3n) is 3.08. The first-order valence-corrected chi connectivity index (χ1v) is 8.89. The van der Waals surface area contributed by atoms with Crippen LogP contribution in [0.3, 0.4) is 0 Å². The van der Waals surface area contributed by atoms with Gasteiger partial charge in [-0.2, -0.15) is 4.31 Å². The largest absolute Gasteiger partial charge is 0.313 e. The number of sulfonamides is 1. The smallest absolute Gasteiger partial charge is 0.243 e. The van der Waals surface area contributed by atoms with Gasteiger partial charge < -0.3 is 5.32 Å². The van der Waals surface area contributed by atoms with E-state index in [1.165, 1.54) is 4.31 Å². The highest BCUT2D eigenvalue weighted by Gasteiger charge is 2.22. The van der Waals surface area contributed by atoms with Crippen molar-refractivity contribution >= 4 is 21.6 Å². The number of nitrogens with zero attached hydrogens (tertiary/aromatic N) is 1. The summed E-state index contributed by atoms with van der Waals surface area (Å²) in [5.74, 6) is 0. The van der Waals surface area contributed by atoms with Crippen molar-refractivity contribution in [2.45, 2.75) is 31.7 Å². The monoisotopic (exact) mass is 330 g/mol. The number of benzene rings is 1. The van der Waals surface area contributed by atoms with Crippen LogP contribution in [0.5, 0.6) is 0 Å². The van der Waals surface area contributed by atoms with Crippen molar-refractivity contribution in [2.75, 3.05) is 19.6 Å². The Bertz CT molecular complexity index is 573. The molecule has 6 heteroatoms. The first-order chi connectivity index (χ1) is 9.97. The quantitative estimate of drug-likeness (QED) is 0.559. The average Bonchev–Trinajstić information content (AvgIpc) is 2.46. The van der Waals surface area contributed by atoms with Crippen LogP contribution >= 0.6 is 11.6 Å². The summed E-state index contributed by atoms with van der Waals surface area (Å²) < 4.78 is 26.5. The fourth-order valence-electron chi connectivity index (χ4n) is 1.94. The molecule has 0 aliphatic heterocycles. The Morgan fingerprint density at radius 2 is 2.10 bits per heavy atom. The van der Waals surface area contributed by atoms with E-state index in [0.717, 1.165) is 18.5 Å². The highest BCUT2D eigenvalue weighted by Crippen LogP contribution is 2.23. The molecule has 0 spiro atoms. The summed E-state index contributed by atoms with van der Waals surface area (Å²) in [5, 5.41) is 3.80. The minimum Gasteiger partial charge on any atom is -0.313 e. The van der Waals surface area contributed by atoms with Crippen LogP contribution in [0, 0.1) is 0 Å². The van der Waals surface area contributed by atoms with Crippen LogP contribution in [0.15, 0.2) is 35.7 Å². The van der Waals surface area contributed by atoms with Gasteiger partial charge in [-0.15, -0.1) is 6.58 Å². The Morgan fingerprint density at radius 1 is 1.38 bits per heavy atom. The summed E-state index contributed by atoms with van der Waals surface area (Å²) in [4.78, 5) is 0.267. The topological polar surface area (TPSA) is 49.4 Å². The van der Waals surface area contributed by atoms with E-state index in [1.807, 2.05) is 0 Å². The molecular weight excluding hydrogens is 308 g/mol. The maximum Gasteiger partial charge on any atom is 0.243 e. The van der Waals surface area contributed by atoms with Gasteiger partial charge in [0, 0.05) is 24.7 Å². The molecule has 0 saturated carbocycles. The SMILES string of the molecule is C=CCN(CC)S(=O)(=O)c1ccc(Cl)c(CNCCC)c1. The molecule has 4 nitrogen and oxygen atoms in total. The molecule has 0 atom stereocenters. The Balaban J connectivity index is 3.07. The molecule has 0 bridgehead atoms. The van der Waals surface area contributed by atoms with Crippen LogP contribution in [0.2, 0.25) is 5.02 Å². The van der Waals surface area contributed by atoms with Crippen LogP contribution in [0.25, 0.3) is 0 Å².